The fourth-order valence-electron chi connectivity index (χ4n) is 2.34. The van der Waals surface area contributed by atoms with Crippen LogP contribution in [0.25, 0.3) is 0 Å². The van der Waals surface area contributed by atoms with Crippen molar-refractivity contribution in [1.82, 2.24) is 15.1 Å². The van der Waals surface area contributed by atoms with E-state index in [-0.39, 0.29) is 0 Å². The Labute approximate surface area is 108 Å². The number of nitrogens with one attached hydrogen (secondary N) is 1. The van der Waals surface area contributed by atoms with E-state index in [0.29, 0.717) is 0 Å². The van der Waals surface area contributed by atoms with Crippen molar-refractivity contribution in [2.45, 2.75) is 27.7 Å². The van der Waals surface area contributed by atoms with Crippen molar-refractivity contribution in [3.05, 3.63) is 0 Å². The molecule has 0 aromatic rings. The molecule has 0 aliphatic carbocycles. The summed E-state index contributed by atoms with van der Waals surface area (Å²) in [5.41, 5.74) is 0. The molecular weight excluding hydrogens is 210 g/mol. The van der Waals surface area contributed by atoms with E-state index >= 15 is 0 Å². The Bertz CT molecular complexity index is 181. The number of rotatable bonds is 7. The van der Waals surface area contributed by atoms with Crippen LogP contribution < -0.4 is 5.32 Å². The lowest BCUT2D eigenvalue weighted by Gasteiger charge is -2.35. The van der Waals surface area contributed by atoms with Gasteiger partial charge in [0, 0.05) is 45.8 Å². The predicted molar refractivity (Wildman–Crippen MR) is 75.4 cm³/mol. The third-order valence-corrected chi connectivity index (χ3v) is 3.25. The van der Waals surface area contributed by atoms with Gasteiger partial charge in [0.1, 0.15) is 0 Å². The molecule has 102 valence electrons. The highest BCUT2D eigenvalue weighted by atomic mass is 15.3. The molecule has 1 fully saturated rings. The molecule has 1 heterocycles. The van der Waals surface area contributed by atoms with Crippen LogP contribution in [0.3, 0.4) is 0 Å². The molecule has 3 heteroatoms. The molecule has 0 atom stereocenters. The summed E-state index contributed by atoms with van der Waals surface area (Å²) in [6.45, 7) is 18.9. The minimum atomic E-state index is 0.762. The van der Waals surface area contributed by atoms with Gasteiger partial charge in [-0.15, -0.1) is 0 Å². The van der Waals surface area contributed by atoms with Gasteiger partial charge in [-0.2, -0.15) is 0 Å². The van der Waals surface area contributed by atoms with Gasteiger partial charge in [0.25, 0.3) is 0 Å². The predicted octanol–water partition coefficient (Wildman–Crippen LogP) is 1.51. The normalized spacial score (nSPS) is 19.4. The molecule has 0 bridgehead atoms. The molecule has 0 amide bonds. The van der Waals surface area contributed by atoms with Crippen LogP contribution in [0.2, 0.25) is 0 Å². The topological polar surface area (TPSA) is 18.5 Å². The summed E-state index contributed by atoms with van der Waals surface area (Å²) in [4.78, 5) is 5.19. The van der Waals surface area contributed by atoms with Crippen LogP contribution in [0, 0.1) is 11.8 Å². The minimum Gasteiger partial charge on any atom is -0.315 e. The third-order valence-electron chi connectivity index (χ3n) is 3.25. The lowest BCUT2D eigenvalue weighted by Crippen LogP contribution is -2.49. The molecule has 1 aliphatic heterocycles. The second-order valence-electron chi connectivity index (χ2n) is 6.13. The van der Waals surface area contributed by atoms with Gasteiger partial charge in [-0.25, -0.2) is 0 Å². The van der Waals surface area contributed by atoms with E-state index in [4.69, 9.17) is 0 Å². The Morgan fingerprint density at radius 1 is 0.882 bits per heavy atom. The average Bonchev–Trinajstić information content (AvgIpc) is 2.25. The summed E-state index contributed by atoms with van der Waals surface area (Å²) in [6.07, 6.45) is 0. The van der Waals surface area contributed by atoms with E-state index in [1.54, 1.807) is 0 Å². The first-order valence-electron chi connectivity index (χ1n) is 7.23. The zero-order chi connectivity index (χ0) is 12.7. The maximum atomic E-state index is 3.52. The highest BCUT2D eigenvalue weighted by Gasteiger charge is 2.16. The van der Waals surface area contributed by atoms with E-state index in [9.17, 15) is 0 Å². The SMILES string of the molecule is CC(C)CNCCN1CCN(CC(C)C)CC1. The molecule has 0 unspecified atom stereocenters. The summed E-state index contributed by atoms with van der Waals surface area (Å²) in [5, 5.41) is 3.52. The molecule has 3 nitrogen and oxygen atoms in total. The van der Waals surface area contributed by atoms with Crippen molar-refractivity contribution >= 4 is 0 Å². The summed E-state index contributed by atoms with van der Waals surface area (Å²) >= 11 is 0. The second kappa shape index (κ2) is 8.06. The maximum Gasteiger partial charge on any atom is 0.0110 e. The lowest BCUT2D eigenvalue weighted by molar-refractivity contribution is 0.123. The fraction of sp³-hybridized carbons (Fsp3) is 1.00. The molecule has 1 saturated heterocycles. The Morgan fingerprint density at radius 2 is 1.47 bits per heavy atom. The Morgan fingerprint density at radius 3 is 2.00 bits per heavy atom. The van der Waals surface area contributed by atoms with Gasteiger partial charge in [-0.3, -0.25) is 4.90 Å². The molecule has 17 heavy (non-hydrogen) atoms. The van der Waals surface area contributed by atoms with Crippen molar-refractivity contribution in [3.8, 4) is 0 Å². The van der Waals surface area contributed by atoms with Crippen molar-refractivity contribution in [2.75, 3.05) is 52.4 Å². The molecule has 0 radical (unpaired) electrons. The van der Waals surface area contributed by atoms with Crippen molar-refractivity contribution in [2.24, 2.45) is 11.8 Å². The van der Waals surface area contributed by atoms with Gasteiger partial charge in [0.05, 0.1) is 0 Å². The van der Waals surface area contributed by atoms with Gasteiger partial charge in [0.15, 0.2) is 0 Å². The smallest absolute Gasteiger partial charge is 0.0110 e. The highest BCUT2D eigenvalue weighted by molar-refractivity contribution is 4.73. The third kappa shape index (κ3) is 7.02. The number of nitrogens with zero attached hydrogens (tertiary/aromatic N) is 2. The standard InChI is InChI=1S/C14H31N3/c1-13(2)11-15-5-6-16-7-9-17(10-8-16)12-14(3)4/h13-15H,5-12H2,1-4H3. The molecular formula is C14H31N3. The number of hydrogen-bond acceptors (Lipinski definition) is 3. The maximum absolute atomic E-state index is 3.52. The molecule has 1 aliphatic rings. The van der Waals surface area contributed by atoms with Crippen molar-refractivity contribution in [3.63, 3.8) is 0 Å². The summed E-state index contributed by atoms with van der Waals surface area (Å²) in [6, 6.07) is 0. The minimum absolute atomic E-state index is 0.762. The van der Waals surface area contributed by atoms with Gasteiger partial charge in [-0.05, 0) is 18.4 Å². The quantitative estimate of drug-likeness (QED) is 0.682. The van der Waals surface area contributed by atoms with E-state index in [0.717, 1.165) is 24.9 Å². The molecule has 1 rings (SSSR count). The molecule has 0 aromatic carbocycles. The van der Waals surface area contributed by atoms with Crippen LogP contribution in [0.15, 0.2) is 0 Å². The Hall–Kier alpha value is -0.120. The van der Waals surface area contributed by atoms with Crippen molar-refractivity contribution < 1.29 is 0 Å². The number of hydrogen-bond donors (Lipinski definition) is 1. The van der Waals surface area contributed by atoms with Crippen LogP contribution in [-0.4, -0.2) is 62.2 Å². The second-order valence-corrected chi connectivity index (χ2v) is 6.13. The van der Waals surface area contributed by atoms with Crippen LogP contribution >= 0.6 is 0 Å². The fourth-order valence-corrected chi connectivity index (χ4v) is 2.34. The molecule has 0 aromatic heterocycles. The van der Waals surface area contributed by atoms with E-state index in [1.165, 1.54) is 39.3 Å². The van der Waals surface area contributed by atoms with Gasteiger partial charge >= 0.3 is 0 Å². The van der Waals surface area contributed by atoms with E-state index in [2.05, 4.69) is 42.8 Å². The molecule has 0 saturated carbocycles. The van der Waals surface area contributed by atoms with Crippen LogP contribution in [-0.2, 0) is 0 Å². The number of piperazine rings is 1. The van der Waals surface area contributed by atoms with Crippen LogP contribution in [0.4, 0.5) is 0 Å². The van der Waals surface area contributed by atoms with E-state index < -0.39 is 0 Å². The summed E-state index contributed by atoms with van der Waals surface area (Å²) < 4.78 is 0. The average molecular weight is 241 g/mol. The Kier molecular flexibility index (Phi) is 7.09. The van der Waals surface area contributed by atoms with Gasteiger partial charge < -0.3 is 10.2 Å². The highest BCUT2D eigenvalue weighted by Crippen LogP contribution is 2.04. The zero-order valence-electron chi connectivity index (χ0n) is 12.2. The van der Waals surface area contributed by atoms with Crippen LogP contribution in [0.5, 0.6) is 0 Å². The monoisotopic (exact) mass is 241 g/mol. The van der Waals surface area contributed by atoms with Gasteiger partial charge in [-0.1, -0.05) is 27.7 Å². The largest absolute Gasteiger partial charge is 0.315 e. The summed E-state index contributed by atoms with van der Waals surface area (Å²) in [7, 11) is 0. The van der Waals surface area contributed by atoms with Crippen molar-refractivity contribution in [1.29, 1.82) is 0 Å². The molecule has 1 N–H and O–H groups in total. The van der Waals surface area contributed by atoms with E-state index in [1.807, 2.05) is 0 Å². The first-order chi connectivity index (χ1) is 8.08. The first kappa shape index (κ1) is 14.9. The molecule has 0 spiro atoms. The zero-order valence-corrected chi connectivity index (χ0v) is 12.2. The lowest BCUT2D eigenvalue weighted by atomic mass is 10.2. The van der Waals surface area contributed by atoms with Gasteiger partial charge in [0.2, 0.25) is 0 Å². The Balaban J connectivity index is 2.03. The van der Waals surface area contributed by atoms with Crippen LogP contribution in [0.1, 0.15) is 27.7 Å². The first-order valence-corrected chi connectivity index (χ1v) is 7.23. The summed E-state index contributed by atoms with van der Waals surface area (Å²) in [5.74, 6) is 1.56.